The maximum Gasteiger partial charge on any atom is 0.228 e. The van der Waals surface area contributed by atoms with Crippen molar-refractivity contribution < 1.29 is 4.79 Å². The predicted molar refractivity (Wildman–Crippen MR) is 74.0 cm³/mol. The minimum atomic E-state index is 0.0176. The lowest BCUT2D eigenvalue weighted by Gasteiger charge is -2.11. The first-order chi connectivity index (χ1) is 9.22. The summed E-state index contributed by atoms with van der Waals surface area (Å²) >= 11 is 0. The fraction of sp³-hybridized carbons (Fsp3) is 0.231. The van der Waals surface area contributed by atoms with E-state index >= 15 is 0 Å². The number of nitrogen functional groups attached to an aromatic ring is 1. The van der Waals surface area contributed by atoms with Crippen LogP contribution in [0.5, 0.6) is 0 Å². The van der Waals surface area contributed by atoms with Gasteiger partial charge < -0.3 is 21.4 Å². The van der Waals surface area contributed by atoms with E-state index in [0.29, 0.717) is 12.1 Å². The second-order valence-corrected chi connectivity index (χ2v) is 4.58. The lowest BCUT2D eigenvalue weighted by molar-refractivity contribution is -0.115. The maximum atomic E-state index is 11.3. The van der Waals surface area contributed by atoms with Crippen LogP contribution in [0.15, 0.2) is 24.7 Å². The Bertz CT molecular complexity index is 606. The number of amides is 1. The molecule has 0 saturated heterocycles. The third kappa shape index (κ3) is 2.37. The lowest BCUT2D eigenvalue weighted by Crippen LogP contribution is -2.07. The van der Waals surface area contributed by atoms with E-state index in [9.17, 15) is 4.79 Å². The van der Waals surface area contributed by atoms with E-state index in [1.54, 1.807) is 12.5 Å². The summed E-state index contributed by atoms with van der Waals surface area (Å²) in [5.41, 5.74) is 10.4. The molecule has 0 spiro atoms. The molecule has 0 atom stereocenters. The van der Waals surface area contributed by atoms with Gasteiger partial charge in [0.15, 0.2) is 0 Å². The van der Waals surface area contributed by atoms with E-state index in [0.717, 1.165) is 35.6 Å². The van der Waals surface area contributed by atoms with Crippen LogP contribution in [0.25, 0.3) is 0 Å². The SMILES string of the molecule is Nc1cc2c(cc1NCCc1cnc[nH]1)NC(=O)C2. The molecule has 1 aromatic carbocycles. The first kappa shape index (κ1) is 11.6. The molecule has 0 aliphatic carbocycles. The van der Waals surface area contributed by atoms with Gasteiger partial charge in [-0.15, -0.1) is 0 Å². The Morgan fingerprint density at radius 2 is 2.32 bits per heavy atom. The molecule has 0 radical (unpaired) electrons. The van der Waals surface area contributed by atoms with Gasteiger partial charge in [-0.05, 0) is 17.7 Å². The molecule has 6 heteroatoms. The van der Waals surface area contributed by atoms with Gasteiger partial charge in [0, 0.05) is 30.5 Å². The van der Waals surface area contributed by atoms with Crippen molar-refractivity contribution in [1.82, 2.24) is 9.97 Å². The third-order valence-electron chi connectivity index (χ3n) is 3.17. The Morgan fingerprint density at radius 3 is 3.11 bits per heavy atom. The number of aromatic nitrogens is 2. The van der Waals surface area contributed by atoms with Gasteiger partial charge in [-0.25, -0.2) is 4.98 Å². The van der Waals surface area contributed by atoms with E-state index in [1.807, 2.05) is 12.1 Å². The van der Waals surface area contributed by atoms with Crippen molar-refractivity contribution in [3.8, 4) is 0 Å². The van der Waals surface area contributed by atoms with E-state index in [-0.39, 0.29) is 5.91 Å². The number of nitrogens with one attached hydrogen (secondary N) is 3. The average molecular weight is 257 g/mol. The second-order valence-electron chi connectivity index (χ2n) is 4.58. The summed E-state index contributed by atoms with van der Waals surface area (Å²) in [4.78, 5) is 18.3. The minimum Gasteiger partial charge on any atom is -0.397 e. The second kappa shape index (κ2) is 4.64. The van der Waals surface area contributed by atoms with Crippen LogP contribution in [-0.4, -0.2) is 22.4 Å². The van der Waals surface area contributed by atoms with E-state index < -0.39 is 0 Å². The molecule has 3 rings (SSSR count). The standard InChI is InChI=1S/C13H15N5O/c14-10-3-8-4-13(19)18-11(8)5-12(10)16-2-1-9-6-15-7-17-9/h3,5-7,16H,1-2,4,14H2,(H,15,17)(H,18,19). The van der Waals surface area contributed by atoms with Gasteiger partial charge in [0.25, 0.3) is 0 Å². The van der Waals surface area contributed by atoms with Gasteiger partial charge in [0.1, 0.15) is 0 Å². The van der Waals surface area contributed by atoms with Gasteiger partial charge in [-0.1, -0.05) is 0 Å². The summed E-state index contributed by atoms with van der Waals surface area (Å²) in [5.74, 6) is 0.0176. The van der Waals surface area contributed by atoms with Crippen LogP contribution in [0.3, 0.4) is 0 Å². The molecule has 0 bridgehead atoms. The summed E-state index contributed by atoms with van der Waals surface area (Å²) in [6, 6.07) is 3.74. The number of hydrogen-bond donors (Lipinski definition) is 4. The number of aromatic amines is 1. The largest absolute Gasteiger partial charge is 0.397 e. The van der Waals surface area contributed by atoms with Gasteiger partial charge >= 0.3 is 0 Å². The summed E-state index contributed by atoms with van der Waals surface area (Å²) in [7, 11) is 0. The fourth-order valence-electron chi connectivity index (χ4n) is 2.20. The van der Waals surface area contributed by atoms with Crippen LogP contribution < -0.4 is 16.4 Å². The molecule has 1 aromatic heterocycles. The number of fused-ring (bicyclic) bond motifs is 1. The smallest absolute Gasteiger partial charge is 0.228 e. The molecule has 0 saturated carbocycles. The van der Waals surface area contributed by atoms with Crippen LogP contribution in [0.2, 0.25) is 0 Å². The number of imidazole rings is 1. The van der Waals surface area contributed by atoms with Crippen LogP contribution in [0, 0.1) is 0 Å². The topological polar surface area (TPSA) is 95.8 Å². The molecule has 2 heterocycles. The predicted octanol–water partition coefficient (Wildman–Crippen LogP) is 1.14. The van der Waals surface area contributed by atoms with Crippen molar-refractivity contribution in [3.05, 3.63) is 35.9 Å². The van der Waals surface area contributed by atoms with Crippen molar-refractivity contribution in [1.29, 1.82) is 0 Å². The Hall–Kier alpha value is -2.50. The highest BCUT2D eigenvalue weighted by Gasteiger charge is 2.19. The number of rotatable bonds is 4. The number of benzene rings is 1. The monoisotopic (exact) mass is 257 g/mol. The molecular weight excluding hydrogens is 242 g/mol. The molecule has 6 nitrogen and oxygen atoms in total. The van der Waals surface area contributed by atoms with Crippen molar-refractivity contribution in [3.63, 3.8) is 0 Å². The number of carbonyl (C=O) groups excluding carboxylic acids is 1. The Labute approximate surface area is 110 Å². The highest BCUT2D eigenvalue weighted by atomic mass is 16.1. The zero-order valence-electron chi connectivity index (χ0n) is 10.4. The highest BCUT2D eigenvalue weighted by Crippen LogP contribution is 2.31. The molecule has 19 heavy (non-hydrogen) atoms. The molecule has 5 N–H and O–H groups in total. The summed E-state index contributed by atoms with van der Waals surface area (Å²) in [5, 5.41) is 6.09. The van der Waals surface area contributed by atoms with Crippen LogP contribution in [-0.2, 0) is 17.6 Å². The zero-order valence-corrected chi connectivity index (χ0v) is 10.4. The van der Waals surface area contributed by atoms with E-state index in [1.165, 1.54) is 0 Å². The quantitative estimate of drug-likeness (QED) is 0.618. The molecule has 1 amide bonds. The number of anilines is 3. The van der Waals surface area contributed by atoms with Gasteiger partial charge in [-0.3, -0.25) is 4.79 Å². The third-order valence-corrected chi connectivity index (χ3v) is 3.17. The number of hydrogen-bond acceptors (Lipinski definition) is 4. The van der Waals surface area contributed by atoms with Crippen molar-refractivity contribution in [2.45, 2.75) is 12.8 Å². The molecule has 0 unspecified atom stereocenters. The lowest BCUT2D eigenvalue weighted by atomic mass is 10.1. The van der Waals surface area contributed by atoms with Gasteiger partial charge in [0.05, 0.1) is 24.1 Å². The molecule has 0 fully saturated rings. The van der Waals surface area contributed by atoms with Gasteiger partial charge in [0.2, 0.25) is 5.91 Å². The van der Waals surface area contributed by atoms with Crippen LogP contribution >= 0.6 is 0 Å². The maximum absolute atomic E-state index is 11.3. The first-order valence-electron chi connectivity index (χ1n) is 6.16. The number of H-pyrrole nitrogens is 1. The average Bonchev–Trinajstić information content (AvgIpc) is 2.98. The van der Waals surface area contributed by atoms with Crippen molar-refractivity contribution in [2.75, 3.05) is 22.9 Å². The molecule has 98 valence electrons. The highest BCUT2D eigenvalue weighted by molar-refractivity contribution is 6.00. The summed E-state index contributed by atoms with van der Waals surface area (Å²) < 4.78 is 0. The van der Waals surface area contributed by atoms with Gasteiger partial charge in [-0.2, -0.15) is 0 Å². The van der Waals surface area contributed by atoms with Crippen molar-refractivity contribution >= 4 is 23.0 Å². The molecule has 2 aromatic rings. The van der Waals surface area contributed by atoms with E-state index in [2.05, 4.69) is 20.6 Å². The molecule has 1 aliphatic heterocycles. The normalized spacial score (nSPS) is 13.2. The number of nitrogens with two attached hydrogens (primary N) is 1. The number of nitrogens with zero attached hydrogens (tertiary/aromatic N) is 1. The van der Waals surface area contributed by atoms with Crippen molar-refractivity contribution in [2.24, 2.45) is 0 Å². The Balaban J connectivity index is 1.68. The minimum absolute atomic E-state index is 0.0176. The molecular formula is C13H15N5O. The summed E-state index contributed by atoms with van der Waals surface area (Å²) in [6.07, 6.45) is 4.71. The Morgan fingerprint density at radius 1 is 1.42 bits per heavy atom. The Kier molecular flexibility index (Phi) is 2.83. The summed E-state index contributed by atoms with van der Waals surface area (Å²) in [6.45, 7) is 0.749. The molecule has 1 aliphatic rings. The van der Waals surface area contributed by atoms with E-state index in [4.69, 9.17) is 5.73 Å². The van der Waals surface area contributed by atoms with Crippen LogP contribution in [0.4, 0.5) is 17.1 Å². The first-order valence-corrected chi connectivity index (χ1v) is 6.16. The van der Waals surface area contributed by atoms with Crippen LogP contribution in [0.1, 0.15) is 11.3 Å². The number of carbonyl (C=O) groups is 1. The zero-order chi connectivity index (χ0) is 13.2. The fourth-order valence-corrected chi connectivity index (χ4v) is 2.20.